The van der Waals surface area contributed by atoms with Gasteiger partial charge in [-0.3, -0.25) is 9.59 Å². The van der Waals surface area contributed by atoms with Gasteiger partial charge in [0.05, 0.1) is 11.0 Å². The second kappa shape index (κ2) is 8.56. The van der Waals surface area contributed by atoms with E-state index in [0.29, 0.717) is 11.6 Å². The molecule has 0 aromatic carbocycles. The van der Waals surface area contributed by atoms with Crippen LogP contribution in [0.2, 0.25) is 0 Å². The van der Waals surface area contributed by atoms with Gasteiger partial charge in [-0.25, -0.2) is 4.79 Å². The molecule has 2 amide bonds. The molecule has 0 aliphatic carbocycles. The van der Waals surface area contributed by atoms with E-state index < -0.39 is 23.2 Å². The largest absolute Gasteiger partial charge is 0.480 e. The fourth-order valence-corrected chi connectivity index (χ4v) is 2.35. The highest BCUT2D eigenvalue weighted by Gasteiger charge is 2.24. The van der Waals surface area contributed by atoms with Crippen LogP contribution in [0.3, 0.4) is 0 Å². The predicted molar refractivity (Wildman–Crippen MR) is 86.2 cm³/mol. The Balaban J connectivity index is 2.42. The summed E-state index contributed by atoms with van der Waals surface area (Å²) >= 11 is 1.11. The summed E-state index contributed by atoms with van der Waals surface area (Å²) in [5, 5.41) is 17.2. The molecule has 0 aliphatic rings. The number of aromatic nitrogens is 1. The Morgan fingerprint density at radius 3 is 2.48 bits per heavy atom. The van der Waals surface area contributed by atoms with E-state index in [-0.39, 0.29) is 17.6 Å². The Kier molecular flexibility index (Phi) is 7.08. The molecule has 0 fully saturated rings. The quantitative estimate of drug-likeness (QED) is 0.649. The molecule has 0 radical (unpaired) electrons. The van der Waals surface area contributed by atoms with Gasteiger partial charge in [0.25, 0.3) is 0 Å². The molecule has 0 spiro atoms. The molecule has 1 rings (SSSR count). The lowest BCUT2D eigenvalue weighted by atomic mass is 10.1. The SMILES string of the molecule is Cc1cc(NC(=O)[C@@H](C)SCC(=O)N[C@H](C(=O)O)C(C)C)no1. The molecule has 1 aromatic rings. The zero-order valence-corrected chi connectivity index (χ0v) is 14.3. The van der Waals surface area contributed by atoms with Crippen LogP contribution < -0.4 is 10.6 Å². The molecular weight excluding hydrogens is 322 g/mol. The molecule has 2 atom stereocenters. The summed E-state index contributed by atoms with van der Waals surface area (Å²) in [7, 11) is 0. The first-order valence-electron chi connectivity index (χ1n) is 7.08. The van der Waals surface area contributed by atoms with Crippen molar-refractivity contribution in [3.63, 3.8) is 0 Å². The van der Waals surface area contributed by atoms with E-state index in [9.17, 15) is 14.4 Å². The molecule has 8 nitrogen and oxygen atoms in total. The van der Waals surface area contributed by atoms with Gasteiger partial charge in [-0.05, 0) is 19.8 Å². The highest BCUT2D eigenvalue weighted by atomic mass is 32.2. The highest BCUT2D eigenvalue weighted by molar-refractivity contribution is 8.01. The average Bonchev–Trinajstić information content (AvgIpc) is 2.86. The van der Waals surface area contributed by atoms with E-state index in [2.05, 4.69) is 15.8 Å². The van der Waals surface area contributed by atoms with E-state index in [1.807, 2.05) is 0 Å². The fourth-order valence-electron chi connectivity index (χ4n) is 1.66. The van der Waals surface area contributed by atoms with Crippen LogP contribution >= 0.6 is 11.8 Å². The van der Waals surface area contributed by atoms with Crippen molar-refractivity contribution in [2.45, 2.75) is 39.0 Å². The Labute approximate surface area is 138 Å². The molecule has 1 aromatic heterocycles. The van der Waals surface area contributed by atoms with Crippen molar-refractivity contribution in [3.8, 4) is 0 Å². The standard InChI is InChI=1S/C14H21N3O5S/c1-7(2)12(14(20)21)16-11(18)6-23-9(4)13(19)15-10-5-8(3)22-17-10/h5,7,9,12H,6H2,1-4H3,(H,16,18)(H,20,21)(H,15,17,19)/t9-,12+/m1/s1. The number of carboxylic acids is 1. The lowest BCUT2D eigenvalue weighted by molar-refractivity contribution is -0.142. The Morgan fingerprint density at radius 1 is 1.35 bits per heavy atom. The fraction of sp³-hybridized carbons (Fsp3) is 0.571. The van der Waals surface area contributed by atoms with Crippen LogP contribution in [-0.2, 0) is 14.4 Å². The summed E-state index contributed by atoms with van der Waals surface area (Å²) in [6.45, 7) is 6.78. The lowest BCUT2D eigenvalue weighted by Gasteiger charge is -2.18. The van der Waals surface area contributed by atoms with Gasteiger partial charge in [-0.1, -0.05) is 19.0 Å². The first kappa shape index (κ1) is 19.0. The molecule has 23 heavy (non-hydrogen) atoms. The zero-order valence-electron chi connectivity index (χ0n) is 13.5. The topological polar surface area (TPSA) is 122 Å². The van der Waals surface area contributed by atoms with Gasteiger partial charge in [0.2, 0.25) is 11.8 Å². The third-order valence-electron chi connectivity index (χ3n) is 2.96. The summed E-state index contributed by atoms with van der Waals surface area (Å²) in [5.41, 5.74) is 0. The van der Waals surface area contributed by atoms with Gasteiger partial charge in [0.15, 0.2) is 5.82 Å². The van der Waals surface area contributed by atoms with Gasteiger partial charge in [-0.2, -0.15) is 0 Å². The molecule has 0 aliphatic heterocycles. The maximum atomic E-state index is 11.9. The number of aryl methyl sites for hydroxylation is 1. The molecular formula is C14H21N3O5S. The summed E-state index contributed by atoms with van der Waals surface area (Å²) in [6.07, 6.45) is 0. The van der Waals surface area contributed by atoms with Crippen LogP contribution in [0.1, 0.15) is 26.5 Å². The van der Waals surface area contributed by atoms with Crippen molar-refractivity contribution in [3.05, 3.63) is 11.8 Å². The van der Waals surface area contributed by atoms with Crippen LogP contribution in [-0.4, -0.2) is 45.1 Å². The van der Waals surface area contributed by atoms with Gasteiger partial charge in [0, 0.05) is 6.07 Å². The van der Waals surface area contributed by atoms with Gasteiger partial charge >= 0.3 is 5.97 Å². The van der Waals surface area contributed by atoms with Crippen molar-refractivity contribution >= 4 is 35.4 Å². The third-order valence-corrected chi connectivity index (χ3v) is 4.11. The Hall–Kier alpha value is -2.03. The molecule has 0 unspecified atom stereocenters. The minimum absolute atomic E-state index is 0.0110. The number of rotatable bonds is 8. The number of hydrogen-bond acceptors (Lipinski definition) is 6. The summed E-state index contributed by atoms with van der Waals surface area (Å²) < 4.78 is 4.84. The highest BCUT2D eigenvalue weighted by Crippen LogP contribution is 2.14. The molecule has 1 heterocycles. The van der Waals surface area contributed by atoms with Crippen molar-refractivity contribution in [1.82, 2.24) is 10.5 Å². The smallest absolute Gasteiger partial charge is 0.326 e. The number of nitrogens with one attached hydrogen (secondary N) is 2. The monoisotopic (exact) mass is 343 g/mol. The number of thioether (sulfide) groups is 1. The van der Waals surface area contributed by atoms with Gasteiger partial charge < -0.3 is 20.3 Å². The zero-order chi connectivity index (χ0) is 17.6. The van der Waals surface area contributed by atoms with E-state index in [4.69, 9.17) is 9.63 Å². The van der Waals surface area contributed by atoms with E-state index in [1.54, 1.807) is 33.8 Å². The first-order valence-corrected chi connectivity index (χ1v) is 8.13. The van der Waals surface area contributed by atoms with Gasteiger partial charge in [0.1, 0.15) is 11.8 Å². The van der Waals surface area contributed by atoms with E-state index in [1.165, 1.54) is 0 Å². The van der Waals surface area contributed by atoms with Crippen LogP contribution in [0.4, 0.5) is 5.82 Å². The van der Waals surface area contributed by atoms with Crippen LogP contribution in [0.25, 0.3) is 0 Å². The third kappa shape index (κ3) is 6.31. The van der Waals surface area contributed by atoms with Crippen molar-refractivity contribution in [2.24, 2.45) is 5.92 Å². The Bertz CT molecular complexity index is 573. The molecule has 0 saturated heterocycles. The van der Waals surface area contributed by atoms with Crippen molar-refractivity contribution < 1.29 is 24.0 Å². The first-order chi connectivity index (χ1) is 10.7. The second-order valence-electron chi connectivity index (χ2n) is 5.39. The Morgan fingerprint density at radius 2 is 2.00 bits per heavy atom. The molecule has 0 bridgehead atoms. The second-order valence-corrected chi connectivity index (χ2v) is 6.72. The summed E-state index contributed by atoms with van der Waals surface area (Å²) in [4.78, 5) is 34.8. The number of carboxylic acid groups (broad SMARTS) is 1. The maximum Gasteiger partial charge on any atom is 0.326 e. The number of amides is 2. The minimum Gasteiger partial charge on any atom is -0.480 e. The average molecular weight is 343 g/mol. The van der Waals surface area contributed by atoms with E-state index in [0.717, 1.165) is 11.8 Å². The number of carbonyl (C=O) groups is 3. The number of hydrogen-bond donors (Lipinski definition) is 3. The number of anilines is 1. The van der Waals surface area contributed by atoms with Crippen LogP contribution in [0.15, 0.2) is 10.6 Å². The van der Waals surface area contributed by atoms with E-state index >= 15 is 0 Å². The molecule has 0 saturated carbocycles. The summed E-state index contributed by atoms with van der Waals surface area (Å²) in [5.74, 6) is -1.16. The molecule has 3 N–H and O–H groups in total. The van der Waals surface area contributed by atoms with Gasteiger partial charge in [-0.15, -0.1) is 11.8 Å². The normalized spacial score (nSPS) is 13.4. The summed E-state index contributed by atoms with van der Waals surface area (Å²) in [6, 6.07) is 0.646. The van der Waals surface area contributed by atoms with Crippen LogP contribution in [0.5, 0.6) is 0 Å². The maximum absolute atomic E-state index is 11.9. The van der Waals surface area contributed by atoms with Crippen molar-refractivity contribution in [1.29, 1.82) is 0 Å². The van der Waals surface area contributed by atoms with Crippen molar-refractivity contribution in [2.75, 3.05) is 11.1 Å². The van der Waals surface area contributed by atoms with Crippen LogP contribution in [0, 0.1) is 12.8 Å². The number of nitrogens with zero attached hydrogens (tertiary/aromatic N) is 1. The number of carbonyl (C=O) groups excluding carboxylic acids is 2. The molecule has 128 valence electrons. The lowest BCUT2D eigenvalue weighted by Crippen LogP contribution is -2.45. The number of aliphatic carboxylic acids is 1. The predicted octanol–water partition coefficient (Wildman–Crippen LogP) is 1.27. The molecule has 9 heteroatoms. The minimum atomic E-state index is -1.08.